The van der Waals surface area contributed by atoms with E-state index in [1.807, 2.05) is 0 Å². The molecule has 4 aromatic carbocycles. The van der Waals surface area contributed by atoms with E-state index in [2.05, 4.69) is 4.85 Å². The number of halogens is 3. The van der Waals surface area contributed by atoms with E-state index in [4.69, 9.17) is 16.0 Å². The first-order valence-corrected chi connectivity index (χ1v) is 10.6. The fraction of sp³-hybridized carbons (Fsp3) is 0.0357. The molecule has 8 heteroatoms. The third-order valence-corrected chi connectivity index (χ3v) is 5.10. The van der Waals surface area contributed by atoms with Gasteiger partial charge in [0.15, 0.2) is 5.69 Å². The Morgan fingerprint density at radius 3 is 1.53 bits per heavy atom. The molecule has 0 aromatic heterocycles. The lowest BCUT2D eigenvalue weighted by molar-refractivity contribution is -0.144. The van der Waals surface area contributed by atoms with Gasteiger partial charge >= 0.3 is 11.9 Å². The molecular weight excluding hydrogens is 471 g/mol. The van der Waals surface area contributed by atoms with Crippen LogP contribution in [0.2, 0.25) is 0 Å². The van der Waals surface area contributed by atoms with Crippen molar-refractivity contribution in [3.63, 3.8) is 0 Å². The van der Waals surface area contributed by atoms with Gasteiger partial charge in [-0.3, -0.25) is 9.59 Å². The standard InChI is InChI=1S/C28H16F3NO4/c1-32-20-8-4-18(5-9-20)24-13-11-22(15-26(24)31)36-28(34)16-27(33)35-21-10-12-23(25(30)14-21)17-2-6-19(29)7-3-17/h2-15H,16H2. The molecule has 5 nitrogen and oxygen atoms in total. The number of hydrogen-bond donors (Lipinski definition) is 0. The van der Waals surface area contributed by atoms with Crippen LogP contribution in [0.3, 0.4) is 0 Å². The highest BCUT2D eigenvalue weighted by Crippen LogP contribution is 2.29. The highest BCUT2D eigenvalue weighted by atomic mass is 19.1. The van der Waals surface area contributed by atoms with E-state index in [1.165, 1.54) is 48.5 Å². The van der Waals surface area contributed by atoms with Gasteiger partial charge in [-0.2, -0.15) is 0 Å². The van der Waals surface area contributed by atoms with Crippen LogP contribution in [0.4, 0.5) is 18.9 Å². The zero-order valence-electron chi connectivity index (χ0n) is 18.5. The minimum absolute atomic E-state index is 0.110. The van der Waals surface area contributed by atoms with Crippen LogP contribution in [-0.4, -0.2) is 11.9 Å². The maximum atomic E-state index is 14.5. The van der Waals surface area contributed by atoms with Crippen LogP contribution in [-0.2, 0) is 9.59 Å². The molecule has 0 unspecified atom stereocenters. The van der Waals surface area contributed by atoms with Gasteiger partial charge in [0.25, 0.3) is 0 Å². The van der Waals surface area contributed by atoms with Gasteiger partial charge in [0.1, 0.15) is 35.4 Å². The average Bonchev–Trinajstić information content (AvgIpc) is 2.85. The van der Waals surface area contributed by atoms with Gasteiger partial charge in [0.05, 0.1) is 6.57 Å². The van der Waals surface area contributed by atoms with Crippen LogP contribution in [0.25, 0.3) is 27.1 Å². The molecular formula is C28H16F3NO4. The number of hydrogen-bond acceptors (Lipinski definition) is 4. The Morgan fingerprint density at radius 1 is 0.667 bits per heavy atom. The van der Waals surface area contributed by atoms with Gasteiger partial charge in [-0.1, -0.05) is 36.4 Å². The number of esters is 2. The maximum absolute atomic E-state index is 14.5. The Kier molecular flexibility index (Phi) is 7.12. The van der Waals surface area contributed by atoms with Gasteiger partial charge in [-0.05, 0) is 47.5 Å². The van der Waals surface area contributed by atoms with Gasteiger partial charge < -0.3 is 9.47 Å². The molecule has 0 saturated heterocycles. The van der Waals surface area contributed by atoms with Crippen LogP contribution >= 0.6 is 0 Å². The summed E-state index contributed by atoms with van der Waals surface area (Å²) in [7, 11) is 0. The van der Waals surface area contributed by atoms with E-state index in [0.29, 0.717) is 16.8 Å². The van der Waals surface area contributed by atoms with Gasteiger partial charge in [-0.15, -0.1) is 0 Å². The van der Waals surface area contributed by atoms with E-state index in [0.717, 1.165) is 12.1 Å². The number of carbonyl (C=O) groups is 2. The zero-order chi connectivity index (χ0) is 25.7. The van der Waals surface area contributed by atoms with Crippen molar-refractivity contribution in [2.75, 3.05) is 0 Å². The minimum Gasteiger partial charge on any atom is -0.426 e. The molecule has 36 heavy (non-hydrogen) atoms. The van der Waals surface area contributed by atoms with Gasteiger partial charge in [0.2, 0.25) is 0 Å². The maximum Gasteiger partial charge on any atom is 0.322 e. The summed E-state index contributed by atoms with van der Waals surface area (Å²) < 4.78 is 52.1. The molecule has 178 valence electrons. The zero-order valence-corrected chi connectivity index (χ0v) is 18.5. The van der Waals surface area contributed by atoms with E-state index >= 15 is 0 Å². The summed E-state index contributed by atoms with van der Waals surface area (Å²) >= 11 is 0. The van der Waals surface area contributed by atoms with E-state index in [-0.39, 0.29) is 22.6 Å². The van der Waals surface area contributed by atoms with Crippen molar-refractivity contribution in [2.45, 2.75) is 6.42 Å². The van der Waals surface area contributed by atoms with Crippen molar-refractivity contribution in [3.8, 4) is 33.8 Å². The van der Waals surface area contributed by atoms with E-state index in [1.54, 1.807) is 24.3 Å². The number of rotatable bonds is 6. The molecule has 0 saturated carbocycles. The Morgan fingerprint density at radius 2 is 1.11 bits per heavy atom. The van der Waals surface area contributed by atoms with Crippen LogP contribution in [0, 0.1) is 24.0 Å². The van der Waals surface area contributed by atoms with Crippen LogP contribution in [0.15, 0.2) is 84.9 Å². The smallest absolute Gasteiger partial charge is 0.322 e. The lowest BCUT2D eigenvalue weighted by atomic mass is 10.0. The fourth-order valence-electron chi connectivity index (χ4n) is 3.38. The first kappa shape index (κ1) is 24.2. The third-order valence-electron chi connectivity index (χ3n) is 5.10. The highest BCUT2D eigenvalue weighted by molar-refractivity contribution is 5.93. The fourth-order valence-corrected chi connectivity index (χ4v) is 3.38. The molecule has 0 aliphatic rings. The van der Waals surface area contributed by atoms with Crippen molar-refractivity contribution in [1.82, 2.24) is 0 Å². The summed E-state index contributed by atoms with van der Waals surface area (Å²) in [5.41, 5.74) is 1.83. The normalized spacial score (nSPS) is 10.4. The van der Waals surface area contributed by atoms with E-state index < -0.39 is 35.8 Å². The molecule has 0 N–H and O–H groups in total. The molecule has 0 fully saturated rings. The molecule has 0 atom stereocenters. The first-order valence-electron chi connectivity index (χ1n) is 10.6. The van der Waals surface area contributed by atoms with Crippen LogP contribution < -0.4 is 9.47 Å². The van der Waals surface area contributed by atoms with Crippen molar-refractivity contribution in [2.24, 2.45) is 0 Å². The van der Waals surface area contributed by atoms with Crippen molar-refractivity contribution < 1.29 is 32.2 Å². The van der Waals surface area contributed by atoms with Crippen LogP contribution in [0.5, 0.6) is 11.5 Å². The molecule has 4 rings (SSSR count). The van der Waals surface area contributed by atoms with Crippen molar-refractivity contribution >= 4 is 17.6 Å². The third kappa shape index (κ3) is 5.77. The largest absolute Gasteiger partial charge is 0.426 e. The molecule has 0 bridgehead atoms. The molecule has 4 aromatic rings. The summed E-state index contributed by atoms with van der Waals surface area (Å²) in [6.45, 7) is 6.96. The Balaban J connectivity index is 1.36. The number of ether oxygens (including phenoxy) is 2. The monoisotopic (exact) mass is 487 g/mol. The second kappa shape index (κ2) is 10.6. The van der Waals surface area contributed by atoms with Gasteiger partial charge in [0, 0.05) is 23.3 Å². The molecule has 0 heterocycles. The predicted molar refractivity (Wildman–Crippen MR) is 126 cm³/mol. The Labute approximate surface area is 204 Å². The Hall–Kier alpha value is -4.90. The lowest BCUT2D eigenvalue weighted by Gasteiger charge is -2.09. The summed E-state index contributed by atoms with van der Waals surface area (Å²) in [5, 5.41) is 0. The van der Waals surface area contributed by atoms with Crippen molar-refractivity contribution in [1.29, 1.82) is 0 Å². The number of carbonyl (C=O) groups excluding carboxylic acids is 2. The highest BCUT2D eigenvalue weighted by Gasteiger charge is 2.17. The lowest BCUT2D eigenvalue weighted by Crippen LogP contribution is -2.18. The van der Waals surface area contributed by atoms with Gasteiger partial charge in [-0.25, -0.2) is 18.0 Å². The molecule has 0 amide bonds. The first-order chi connectivity index (χ1) is 17.3. The number of benzene rings is 4. The topological polar surface area (TPSA) is 57.0 Å². The van der Waals surface area contributed by atoms with Crippen molar-refractivity contribution in [3.05, 3.63) is 114 Å². The average molecular weight is 487 g/mol. The Bertz CT molecular complexity index is 1480. The van der Waals surface area contributed by atoms with E-state index in [9.17, 15) is 22.8 Å². The summed E-state index contributed by atoms with van der Waals surface area (Å²) in [6, 6.07) is 19.0. The summed E-state index contributed by atoms with van der Waals surface area (Å²) in [5.74, 6) is -4.04. The van der Waals surface area contributed by atoms with Crippen LogP contribution in [0.1, 0.15) is 6.42 Å². The second-order valence-electron chi connectivity index (χ2n) is 7.57. The molecule has 0 spiro atoms. The number of nitrogens with zero attached hydrogens (tertiary/aromatic N) is 1. The summed E-state index contributed by atoms with van der Waals surface area (Å²) in [6.07, 6.45) is -0.789. The molecule has 0 aliphatic heterocycles. The predicted octanol–water partition coefficient (Wildman–Crippen LogP) is 6.89. The quantitative estimate of drug-likeness (QED) is 0.129. The molecule has 0 radical (unpaired) electrons. The second-order valence-corrected chi connectivity index (χ2v) is 7.57. The minimum atomic E-state index is -0.995. The SMILES string of the molecule is [C-]#[N+]c1ccc(-c2ccc(OC(=O)CC(=O)Oc3ccc(-c4ccc(F)cc4)c(F)c3)cc2F)cc1. The molecule has 0 aliphatic carbocycles. The summed E-state index contributed by atoms with van der Waals surface area (Å²) in [4.78, 5) is 27.5.